The Balaban J connectivity index is 2.16. The van der Waals surface area contributed by atoms with E-state index in [1.165, 1.54) is 43.6 Å². The summed E-state index contributed by atoms with van der Waals surface area (Å²) in [5.74, 6) is 0. The Hall–Kier alpha value is -1.02. The normalized spacial score (nSPS) is 18.9. The topological polar surface area (TPSA) is 29.3 Å². The van der Waals surface area contributed by atoms with Gasteiger partial charge in [0.05, 0.1) is 0 Å². The fraction of sp³-hybridized carbons (Fsp3) is 0.538. The summed E-state index contributed by atoms with van der Waals surface area (Å²) in [4.78, 5) is 2.47. The smallest absolute Gasteiger partial charge is 0.0369 e. The van der Waals surface area contributed by atoms with Crippen molar-refractivity contribution in [3.63, 3.8) is 0 Å². The van der Waals surface area contributed by atoms with Crippen LogP contribution in [0.2, 0.25) is 0 Å². The lowest BCUT2D eigenvalue weighted by Gasteiger charge is -2.29. The molecule has 1 aliphatic rings. The molecule has 1 atom stereocenters. The summed E-state index contributed by atoms with van der Waals surface area (Å²) in [5.41, 5.74) is 8.47. The molecule has 1 saturated heterocycles. The van der Waals surface area contributed by atoms with Crippen LogP contribution in [0.1, 0.15) is 37.8 Å². The van der Waals surface area contributed by atoms with Crippen molar-refractivity contribution >= 4 is 5.69 Å². The molecule has 0 aliphatic carbocycles. The van der Waals surface area contributed by atoms with Gasteiger partial charge in [0, 0.05) is 24.8 Å². The SMILES string of the molecule is CC(N)c1cccc(N2CCCCC2)c1. The molecular weight excluding hydrogens is 184 g/mol. The molecule has 0 bridgehead atoms. The van der Waals surface area contributed by atoms with E-state index >= 15 is 0 Å². The van der Waals surface area contributed by atoms with Crippen LogP contribution in [0.5, 0.6) is 0 Å². The first-order chi connectivity index (χ1) is 7.27. The van der Waals surface area contributed by atoms with Gasteiger partial charge in [0.15, 0.2) is 0 Å². The monoisotopic (exact) mass is 204 g/mol. The summed E-state index contributed by atoms with van der Waals surface area (Å²) < 4.78 is 0. The van der Waals surface area contributed by atoms with Gasteiger partial charge in [-0.3, -0.25) is 0 Å². The molecule has 1 aliphatic heterocycles. The van der Waals surface area contributed by atoms with E-state index in [1.807, 2.05) is 6.92 Å². The molecule has 2 heteroatoms. The number of rotatable bonds is 2. The Labute approximate surface area is 92.1 Å². The van der Waals surface area contributed by atoms with Crippen LogP contribution >= 0.6 is 0 Å². The van der Waals surface area contributed by atoms with E-state index in [1.54, 1.807) is 0 Å². The van der Waals surface area contributed by atoms with E-state index < -0.39 is 0 Å². The molecule has 1 aromatic rings. The minimum Gasteiger partial charge on any atom is -0.372 e. The second-order valence-electron chi connectivity index (χ2n) is 4.43. The maximum absolute atomic E-state index is 5.89. The average molecular weight is 204 g/mol. The molecule has 0 spiro atoms. The Morgan fingerprint density at radius 2 is 1.93 bits per heavy atom. The number of hydrogen-bond donors (Lipinski definition) is 1. The van der Waals surface area contributed by atoms with Gasteiger partial charge in [-0.1, -0.05) is 12.1 Å². The van der Waals surface area contributed by atoms with E-state index in [-0.39, 0.29) is 6.04 Å². The molecule has 1 unspecified atom stereocenters. The fourth-order valence-electron chi connectivity index (χ4n) is 2.16. The quantitative estimate of drug-likeness (QED) is 0.802. The molecule has 2 nitrogen and oxygen atoms in total. The number of hydrogen-bond acceptors (Lipinski definition) is 2. The lowest BCUT2D eigenvalue weighted by Crippen LogP contribution is -2.29. The zero-order valence-electron chi connectivity index (χ0n) is 9.45. The molecule has 0 radical (unpaired) electrons. The number of anilines is 1. The van der Waals surface area contributed by atoms with Gasteiger partial charge in [0.1, 0.15) is 0 Å². The summed E-state index contributed by atoms with van der Waals surface area (Å²) in [5, 5.41) is 0. The summed E-state index contributed by atoms with van der Waals surface area (Å²) >= 11 is 0. The number of nitrogens with two attached hydrogens (primary N) is 1. The Morgan fingerprint density at radius 3 is 2.60 bits per heavy atom. The Morgan fingerprint density at radius 1 is 1.20 bits per heavy atom. The first kappa shape index (κ1) is 10.5. The van der Waals surface area contributed by atoms with Crippen molar-refractivity contribution in [1.82, 2.24) is 0 Å². The highest BCUT2D eigenvalue weighted by Crippen LogP contribution is 2.22. The molecule has 82 valence electrons. The molecule has 1 aromatic carbocycles. The van der Waals surface area contributed by atoms with Gasteiger partial charge in [-0.15, -0.1) is 0 Å². The number of benzene rings is 1. The van der Waals surface area contributed by atoms with Crippen LogP contribution in [0.4, 0.5) is 5.69 Å². The number of piperidine rings is 1. The van der Waals surface area contributed by atoms with Crippen molar-refractivity contribution < 1.29 is 0 Å². The van der Waals surface area contributed by atoms with Crippen LogP contribution in [-0.4, -0.2) is 13.1 Å². The highest BCUT2D eigenvalue weighted by molar-refractivity contribution is 5.49. The zero-order valence-corrected chi connectivity index (χ0v) is 9.45. The van der Waals surface area contributed by atoms with Gasteiger partial charge in [0.2, 0.25) is 0 Å². The summed E-state index contributed by atoms with van der Waals surface area (Å²) in [6.07, 6.45) is 4.02. The first-order valence-corrected chi connectivity index (χ1v) is 5.88. The Bertz CT molecular complexity index is 314. The van der Waals surface area contributed by atoms with Gasteiger partial charge < -0.3 is 10.6 Å². The van der Waals surface area contributed by atoms with E-state index in [0.717, 1.165) is 0 Å². The van der Waals surface area contributed by atoms with Crippen LogP contribution in [0.3, 0.4) is 0 Å². The molecular formula is C13H20N2. The predicted molar refractivity (Wildman–Crippen MR) is 65.1 cm³/mol. The van der Waals surface area contributed by atoms with Crippen molar-refractivity contribution in [3.8, 4) is 0 Å². The van der Waals surface area contributed by atoms with E-state index in [4.69, 9.17) is 5.73 Å². The van der Waals surface area contributed by atoms with E-state index in [0.29, 0.717) is 0 Å². The van der Waals surface area contributed by atoms with Gasteiger partial charge in [-0.25, -0.2) is 0 Å². The van der Waals surface area contributed by atoms with Gasteiger partial charge >= 0.3 is 0 Å². The summed E-state index contributed by atoms with van der Waals surface area (Å²) in [7, 11) is 0. The minimum absolute atomic E-state index is 0.134. The molecule has 15 heavy (non-hydrogen) atoms. The largest absolute Gasteiger partial charge is 0.372 e. The fourth-order valence-corrected chi connectivity index (χ4v) is 2.16. The zero-order chi connectivity index (χ0) is 10.7. The highest BCUT2D eigenvalue weighted by atomic mass is 15.1. The summed E-state index contributed by atoms with van der Waals surface area (Å²) in [6.45, 7) is 4.43. The third-order valence-corrected chi connectivity index (χ3v) is 3.12. The highest BCUT2D eigenvalue weighted by Gasteiger charge is 2.11. The molecule has 0 aromatic heterocycles. The Kier molecular flexibility index (Phi) is 3.27. The van der Waals surface area contributed by atoms with Crippen LogP contribution in [0, 0.1) is 0 Å². The molecule has 1 heterocycles. The second kappa shape index (κ2) is 4.67. The van der Waals surface area contributed by atoms with Crippen LogP contribution in [0.25, 0.3) is 0 Å². The average Bonchev–Trinajstić information content (AvgIpc) is 2.30. The number of nitrogens with zero attached hydrogens (tertiary/aromatic N) is 1. The van der Waals surface area contributed by atoms with Crippen molar-refractivity contribution in [2.24, 2.45) is 5.73 Å². The standard InChI is InChI=1S/C13H20N2/c1-11(14)12-6-5-7-13(10-12)15-8-3-2-4-9-15/h5-7,10-11H,2-4,8-9,14H2,1H3. The van der Waals surface area contributed by atoms with Crippen molar-refractivity contribution in [1.29, 1.82) is 0 Å². The molecule has 0 saturated carbocycles. The van der Waals surface area contributed by atoms with Crippen LogP contribution in [-0.2, 0) is 0 Å². The van der Waals surface area contributed by atoms with Gasteiger partial charge in [-0.2, -0.15) is 0 Å². The third kappa shape index (κ3) is 2.51. The van der Waals surface area contributed by atoms with Crippen LogP contribution in [0.15, 0.2) is 24.3 Å². The molecule has 0 amide bonds. The maximum atomic E-state index is 5.89. The lowest BCUT2D eigenvalue weighted by molar-refractivity contribution is 0.577. The van der Waals surface area contributed by atoms with Crippen molar-refractivity contribution in [2.75, 3.05) is 18.0 Å². The third-order valence-electron chi connectivity index (χ3n) is 3.12. The van der Waals surface area contributed by atoms with E-state index in [9.17, 15) is 0 Å². The van der Waals surface area contributed by atoms with Crippen molar-refractivity contribution in [2.45, 2.75) is 32.2 Å². The van der Waals surface area contributed by atoms with E-state index in [2.05, 4.69) is 29.2 Å². The predicted octanol–water partition coefficient (Wildman–Crippen LogP) is 2.70. The summed E-state index contributed by atoms with van der Waals surface area (Å²) in [6, 6.07) is 8.78. The van der Waals surface area contributed by atoms with Gasteiger partial charge in [0.25, 0.3) is 0 Å². The molecule has 2 N–H and O–H groups in total. The molecule has 2 rings (SSSR count). The first-order valence-electron chi connectivity index (χ1n) is 5.88. The molecule has 1 fully saturated rings. The van der Waals surface area contributed by atoms with Crippen LogP contribution < -0.4 is 10.6 Å². The minimum atomic E-state index is 0.134. The van der Waals surface area contributed by atoms with Gasteiger partial charge in [-0.05, 0) is 43.9 Å². The van der Waals surface area contributed by atoms with Crippen molar-refractivity contribution in [3.05, 3.63) is 29.8 Å². The maximum Gasteiger partial charge on any atom is 0.0369 e. The second-order valence-corrected chi connectivity index (χ2v) is 4.43. The lowest BCUT2D eigenvalue weighted by atomic mass is 10.1.